The minimum Gasteiger partial charge on any atom is -0.437 e. The molecular formula is C14H9Cl3N2O2. The lowest BCUT2D eigenvalue weighted by atomic mass is 10.0. The summed E-state index contributed by atoms with van der Waals surface area (Å²) in [7, 11) is 0. The lowest BCUT2D eigenvalue weighted by molar-refractivity contribution is -0.116. The van der Waals surface area contributed by atoms with E-state index in [0.717, 1.165) is 11.3 Å². The van der Waals surface area contributed by atoms with E-state index in [2.05, 4.69) is 10.3 Å². The first-order valence-corrected chi connectivity index (χ1v) is 7.28. The first kappa shape index (κ1) is 14.4. The summed E-state index contributed by atoms with van der Waals surface area (Å²) in [6.07, 6.45) is 1.13. The molecule has 0 saturated carbocycles. The number of fused-ring (bicyclic) bond motifs is 1. The van der Waals surface area contributed by atoms with Crippen LogP contribution in [0.3, 0.4) is 0 Å². The van der Waals surface area contributed by atoms with Crippen LogP contribution >= 0.6 is 34.8 Å². The molecule has 0 saturated heterocycles. The summed E-state index contributed by atoms with van der Waals surface area (Å²) >= 11 is 17.7. The quantitative estimate of drug-likeness (QED) is 0.803. The van der Waals surface area contributed by atoms with E-state index in [0.29, 0.717) is 18.6 Å². The molecule has 21 heavy (non-hydrogen) atoms. The number of hydrogen-bond donors (Lipinski definition) is 1. The van der Waals surface area contributed by atoms with E-state index in [1.807, 2.05) is 6.07 Å². The van der Waals surface area contributed by atoms with E-state index in [1.165, 1.54) is 6.07 Å². The molecule has 1 aromatic heterocycles. The molecule has 1 aliphatic heterocycles. The summed E-state index contributed by atoms with van der Waals surface area (Å²) in [5.41, 5.74) is 1.80. The van der Waals surface area contributed by atoms with Crippen molar-refractivity contribution >= 4 is 46.4 Å². The Bertz CT molecular complexity index is 734. The Labute approximate surface area is 136 Å². The van der Waals surface area contributed by atoms with Crippen LogP contribution in [0, 0.1) is 0 Å². The van der Waals surface area contributed by atoms with Gasteiger partial charge >= 0.3 is 0 Å². The number of aryl methyl sites for hydroxylation is 1. The lowest BCUT2D eigenvalue weighted by Crippen LogP contribution is -2.18. The smallest absolute Gasteiger partial charge is 0.239 e. The summed E-state index contributed by atoms with van der Waals surface area (Å²) in [5.74, 6) is 0.772. The van der Waals surface area contributed by atoms with Gasteiger partial charge in [-0.05, 0) is 36.2 Å². The molecule has 4 nitrogen and oxygen atoms in total. The van der Waals surface area contributed by atoms with Crippen molar-refractivity contribution in [3.05, 3.63) is 45.0 Å². The molecule has 108 valence electrons. The fourth-order valence-corrected chi connectivity index (χ4v) is 2.56. The van der Waals surface area contributed by atoms with Crippen molar-refractivity contribution < 1.29 is 9.53 Å². The molecule has 2 heterocycles. The Morgan fingerprint density at radius 3 is 2.71 bits per heavy atom. The Morgan fingerprint density at radius 1 is 1.10 bits per heavy atom. The maximum atomic E-state index is 11.3. The number of benzene rings is 1. The van der Waals surface area contributed by atoms with Gasteiger partial charge in [0.15, 0.2) is 5.15 Å². The average Bonchev–Trinajstić information content (AvgIpc) is 2.45. The van der Waals surface area contributed by atoms with Crippen LogP contribution in [0.15, 0.2) is 24.3 Å². The van der Waals surface area contributed by atoms with Crippen LogP contribution < -0.4 is 10.1 Å². The zero-order valence-electron chi connectivity index (χ0n) is 10.6. The molecule has 3 rings (SSSR count). The van der Waals surface area contributed by atoms with Crippen LogP contribution in [-0.4, -0.2) is 10.9 Å². The summed E-state index contributed by atoms with van der Waals surface area (Å²) < 4.78 is 5.64. The van der Waals surface area contributed by atoms with Gasteiger partial charge in [0.1, 0.15) is 10.8 Å². The molecule has 0 atom stereocenters. The van der Waals surface area contributed by atoms with Crippen molar-refractivity contribution in [2.45, 2.75) is 12.8 Å². The zero-order chi connectivity index (χ0) is 15.0. The third-order valence-electron chi connectivity index (χ3n) is 3.04. The first-order chi connectivity index (χ1) is 10.0. The Morgan fingerprint density at radius 2 is 1.90 bits per heavy atom. The number of anilines is 1. The van der Waals surface area contributed by atoms with Gasteiger partial charge in [-0.2, -0.15) is 4.98 Å². The second kappa shape index (κ2) is 5.72. The normalized spacial score (nSPS) is 13.6. The molecule has 0 unspecified atom stereocenters. The fourth-order valence-electron chi connectivity index (χ4n) is 2.03. The predicted octanol–water partition coefficient (Wildman–Crippen LogP) is 4.72. The molecule has 0 fully saturated rings. The summed E-state index contributed by atoms with van der Waals surface area (Å²) in [6.45, 7) is 0. The molecule has 1 amide bonds. The lowest BCUT2D eigenvalue weighted by Gasteiger charge is -2.17. The number of carbonyl (C=O) groups is 1. The third-order valence-corrected chi connectivity index (χ3v) is 3.98. The van der Waals surface area contributed by atoms with Crippen LogP contribution in [0.4, 0.5) is 5.69 Å². The van der Waals surface area contributed by atoms with Gasteiger partial charge in [0.2, 0.25) is 11.8 Å². The number of pyridine rings is 1. The molecule has 7 heteroatoms. The van der Waals surface area contributed by atoms with Crippen LogP contribution in [0.1, 0.15) is 12.0 Å². The largest absolute Gasteiger partial charge is 0.437 e. The molecule has 1 aliphatic rings. The van der Waals surface area contributed by atoms with Crippen molar-refractivity contribution in [1.82, 2.24) is 4.98 Å². The van der Waals surface area contributed by atoms with Gasteiger partial charge in [-0.25, -0.2) is 0 Å². The van der Waals surface area contributed by atoms with E-state index >= 15 is 0 Å². The van der Waals surface area contributed by atoms with Crippen molar-refractivity contribution in [3.63, 3.8) is 0 Å². The van der Waals surface area contributed by atoms with Gasteiger partial charge in [0.25, 0.3) is 0 Å². The second-order valence-corrected chi connectivity index (χ2v) is 5.69. The summed E-state index contributed by atoms with van der Waals surface area (Å²) in [4.78, 5) is 15.3. The van der Waals surface area contributed by atoms with Crippen LogP contribution in [0.2, 0.25) is 15.2 Å². The zero-order valence-corrected chi connectivity index (χ0v) is 12.9. The molecule has 0 spiro atoms. The Balaban J connectivity index is 1.89. The topological polar surface area (TPSA) is 51.2 Å². The molecule has 1 N–H and O–H groups in total. The first-order valence-electron chi connectivity index (χ1n) is 6.15. The number of halogens is 3. The van der Waals surface area contributed by atoms with Gasteiger partial charge in [0.05, 0.1) is 5.02 Å². The Hall–Kier alpha value is -1.49. The van der Waals surface area contributed by atoms with Gasteiger partial charge in [-0.1, -0.05) is 34.8 Å². The maximum Gasteiger partial charge on any atom is 0.239 e. The van der Waals surface area contributed by atoms with Crippen LogP contribution in [0.5, 0.6) is 11.6 Å². The molecule has 0 aliphatic carbocycles. The maximum absolute atomic E-state index is 11.3. The van der Waals surface area contributed by atoms with Crippen molar-refractivity contribution in [3.8, 4) is 11.6 Å². The van der Waals surface area contributed by atoms with E-state index in [1.54, 1.807) is 12.1 Å². The van der Waals surface area contributed by atoms with Gasteiger partial charge in [-0.3, -0.25) is 4.79 Å². The monoisotopic (exact) mass is 342 g/mol. The van der Waals surface area contributed by atoms with Gasteiger partial charge < -0.3 is 10.1 Å². The van der Waals surface area contributed by atoms with E-state index < -0.39 is 0 Å². The third kappa shape index (κ3) is 3.07. The van der Waals surface area contributed by atoms with E-state index in [-0.39, 0.29) is 27.0 Å². The highest BCUT2D eigenvalue weighted by molar-refractivity contribution is 6.42. The van der Waals surface area contributed by atoms with Gasteiger partial charge in [-0.15, -0.1) is 0 Å². The Kier molecular flexibility index (Phi) is 3.93. The molecule has 1 aromatic carbocycles. The highest BCUT2D eigenvalue weighted by Gasteiger charge is 2.16. The number of aromatic nitrogens is 1. The molecule has 0 bridgehead atoms. The fraction of sp³-hybridized carbons (Fsp3) is 0.143. The number of nitrogens with one attached hydrogen (secondary N) is 1. The van der Waals surface area contributed by atoms with Crippen LogP contribution in [-0.2, 0) is 11.2 Å². The number of carbonyl (C=O) groups excluding carboxylic acids is 1. The number of nitrogens with zero attached hydrogens (tertiary/aromatic N) is 1. The number of amides is 1. The standard InChI is InChI=1S/C14H9Cl3N2O2/c15-9-6-10(16)14(19-13(9)17)21-8-2-3-11-7(5-8)1-4-12(20)18-11/h2-3,5-6H,1,4H2,(H,18,20). The summed E-state index contributed by atoms with van der Waals surface area (Å²) in [5, 5.41) is 3.47. The highest BCUT2D eigenvalue weighted by Crippen LogP contribution is 2.35. The molecular weight excluding hydrogens is 335 g/mol. The number of hydrogen-bond acceptors (Lipinski definition) is 3. The minimum absolute atomic E-state index is 0.0189. The number of rotatable bonds is 2. The van der Waals surface area contributed by atoms with Gasteiger partial charge in [0, 0.05) is 12.1 Å². The van der Waals surface area contributed by atoms with E-state index in [9.17, 15) is 4.79 Å². The highest BCUT2D eigenvalue weighted by atomic mass is 35.5. The van der Waals surface area contributed by atoms with Crippen molar-refractivity contribution in [1.29, 1.82) is 0 Å². The van der Waals surface area contributed by atoms with E-state index in [4.69, 9.17) is 39.5 Å². The predicted molar refractivity (Wildman–Crippen MR) is 82.7 cm³/mol. The SMILES string of the molecule is O=C1CCc2cc(Oc3nc(Cl)c(Cl)cc3Cl)ccc2N1. The summed E-state index contributed by atoms with van der Waals surface area (Å²) in [6, 6.07) is 6.83. The molecule has 2 aromatic rings. The van der Waals surface area contributed by atoms with Crippen molar-refractivity contribution in [2.24, 2.45) is 0 Å². The van der Waals surface area contributed by atoms with Crippen LogP contribution in [0.25, 0.3) is 0 Å². The average molecular weight is 344 g/mol. The minimum atomic E-state index is 0.0189. The molecule has 0 radical (unpaired) electrons. The van der Waals surface area contributed by atoms with Crippen molar-refractivity contribution in [2.75, 3.05) is 5.32 Å². The second-order valence-electron chi connectivity index (χ2n) is 4.52. The number of ether oxygens (including phenoxy) is 1.